The molecule has 0 amide bonds. The molecule has 6 heteroatoms. The minimum atomic E-state index is -0.291. The van der Waals surface area contributed by atoms with Crippen LogP contribution in [0.2, 0.25) is 0 Å². The molecule has 0 bridgehead atoms. The van der Waals surface area contributed by atoms with Gasteiger partial charge in [0.2, 0.25) is 0 Å². The van der Waals surface area contributed by atoms with Crippen LogP contribution in [0.5, 0.6) is 0 Å². The number of rotatable bonds is 5. The molecule has 1 aromatic rings. The van der Waals surface area contributed by atoms with Crippen LogP contribution in [-0.4, -0.2) is 82.3 Å². The van der Waals surface area contributed by atoms with Gasteiger partial charge >= 0.3 is 0 Å². The van der Waals surface area contributed by atoms with Crippen LogP contribution in [-0.2, 0) is 4.74 Å². The minimum Gasteiger partial charge on any atom is -0.390 e. The number of β-amino-alcohol motifs (C(OH)–C–C–N with tert-alkyl or cyclic N) is 1. The standard InChI is InChI=1S/C15H26N4O2/c1-12-6-17(7-13(2)21-12)10-15(20)11-18-8-14(9-18)19-5-3-4-16-19/h3-5,12-15,20H,6-11H2,1-2H3/t12-,13-,15-/m1/s1. The van der Waals surface area contributed by atoms with E-state index >= 15 is 0 Å². The lowest BCUT2D eigenvalue weighted by Gasteiger charge is -2.41. The number of hydrogen-bond donors (Lipinski definition) is 1. The molecular weight excluding hydrogens is 268 g/mol. The first kappa shape index (κ1) is 15.0. The van der Waals surface area contributed by atoms with Gasteiger partial charge in [0.05, 0.1) is 24.4 Å². The van der Waals surface area contributed by atoms with Crippen molar-refractivity contribution < 1.29 is 9.84 Å². The van der Waals surface area contributed by atoms with Gasteiger partial charge in [-0.2, -0.15) is 5.10 Å². The molecule has 3 heterocycles. The van der Waals surface area contributed by atoms with Gasteiger partial charge in [-0.25, -0.2) is 0 Å². The number of morpholine rings is 1. The molecule has 0 spiro atoms. The van der Waals surface area contributed by atoms with Crippen LogP contribution in [0, 0.1) is 0 Å². The summed E-state index contributed by atoms with van der Waals surface area (Å²) in [6.45, 7) is 9.47. The summed E-state index contributed by atoms with van der Waals surface area (Å²) in [6, 6.07) is 2.42. The van der Waals surface area contributed by atoms with Crippen LogP contribution in [0.3, 0.4) is 0 Å². The molecule has 1 aromatic heterocycles. The van der Waals surface area contributed by atoms with Gasteiger partial charge in [-0.15, -0.1) is 0 Å². The zero-order valence-electron chi connectivity index (χ0n) is 12.9. The van der Waals surface area contributed by atoms with Gasteiger partial charge in [-0.05, 0) is 19.9 Å². The first-order valence-corrected chi connectivity index (χ1v) is 7.87. The number of aromatic nitrogens is 2. The van der Waals surface area contributed by atoms with Crippen molar-refractivity contribution in [3.05, 3.63) is 18.5 Å². The fourth-order valence-corrected chi connectivity index (χ4v) is 3.44. The van der Waals surface area contributed by atoms with Gasteiger partial charge in [0.15, 0.2) is 0 Å². The third-order valence-electron chi connectivity index (χ3n) is 4.27. The molecule has 2 aliphatic rings. The monoisotopic (exact) mass is 294 g/mol. The molecule has 0 aliphatic carbocycles. The number of aliphatic hydroxyl groups excluding tert-OH is 1. The van der Waals surface area contributed by atoms with Gasteiger partial charge in [0.1, 0.15) is 0 Å². The van der Waals surface area contributed by atoms with Crippen molar-refractivity contribution in [3.8, 4) is 0 Å². The predicted octanol–water partition coefficient (Wildman–Crippen LogP) is 0.210. The first-order chi connectivity index (χ1) is 10.1. The highest BCUT2D eigenvalue weighted by Gasteiger charge is 2.31. The van der Waals surface area contributed by atoms with E-state index in [1.165, 1.54) is 0 Å². The van der Waals surface area contributed by atoms with E-state index in [4.69, 9.17) is 4.74 Å². The van der Waals surface area contributed by atoms with Gasteiger partial charge < -0.3 is 9.84 Å². The molecule has 0 saturated carbocycles. The Kier molecular flexibility index (Phi) is 4.59. The van der Waals surface area contributed by atoms with Gasteiger partial charge in [0, 0.05) is 51.7 Å². The average Bonchev–Trinajstić information content (AvgIpc) is 2.85. The van der Waals surface area contributed by atoms with E-state index in [0.29, 0.717) is 6.04 Å². The molecule has 21 heavy (non-hydrogen) atoms. The fraction of sp³-hybridized carbons (Fsp3) is 0.800. The Morgan fingerprint density at radius 3 is 2.33 bits per heavy atom. The molecule has 2 saturated heterocycles. The second-order valence-corrected chi connectivity index (χ2v) is 6.49. The minimum absolute atomic E-state index is 0.258. The van der Waals surface area contributed by atoms with Gasteiger partial charge in [0.25, 0.3) is 0 Å². The molecule has 2 fully saturated rings. The highest BCUT2D eigenvalue weighted by Crippen LogP contribution is 2.20. The summed E-state index contributed by atoms with van der Waals surface area (Å²) in [5.74, 6) is 0. The van der Waals surface area contributed by atoms with Crippen molar-refractivity contribution in [2.45, 2.75) is 38.2 Å². The van der Waals surface area contributed by atoms with Gasteiger partial charge in [-0.3, -0.25) is 14.5 Å². The Morgan fingerprint density at radius 1 is 1.14 bits per heavy atom. The largest absolute Gasteiger partial charge is 0.390 e. The van der Waals surface area contributed by atoms with Crippen molar-refractivity contribution in [2.24, 2.45) is 0 Å². The summed E-state index contributed by atoms with van der Waals surface area (Å²) in [7, 11) is 0. The summed E-state index contributed by atoms with van der Waals surface area (Å²) >= 11 is 0. The second kappa shape index (κ2) is 6.44. The zero-order chi connectivity index (χ0) is 14.8. The van der Waals surface area contributed by atoms with E-state index in [1.807, 2.05) is 23.1 Å². The van der Waals surface area contributed by atoms with E-state index in [9.17, 15) is 5.11 Å². The zero-order valence-corrected chi connectivity index (χ0v) is 12.9. The molecule has 3 atom stereocenters. The quantitative estimate of drug-likeness (QED) is 0.841. The lowest BCUT2D eigenvalue weighted by molar-refractivity contribution is -0.0798. The molecule has 0 radical (unpaired) electrons. The Bertz CT molecular complexity index is 423. The van der Waals surface area contributed by atoms with E-state index in [1.54, 1.807) is 0 Å². The molecule has 0 unspecified atom stereocenters. The number of aliphatic hydroxyl groups is 1. The fourth-order valence-electron chi connectivity index (χ4n) is 3.44. The molecule has 3 rings (SSSR count). The summed E-state index contributed by atoms with van der Waals surface area (Å²) in [4.78, 5) is 4.61. The summed E-state index contributed by atoms with van der Waals surface area (Å²) in [6.07, 6.45) is 4.05. The Hall–Kier alpha value is -0.950. The van der Waals surface area contributed by atoms with Crippen molar-refractivity contribution in [1.82, 2.24) is 19.6 Å². The van der Waals surface area contributed by atoms with Crippen LogP contribution >= 0.6 is 0 Å². The third kappa shape index (κ3) is 3.83. The molecular formula is C15H26N4O2. The van der Waals surface area contributed by atoms with E-state index in [-0.39, 0.29) is 18.3 Å². The van der Waals surface area contributed by atoms with Crippen LogP contribution in [0.15, 0.2) is 18.5 Å². The van der Waals surface area contributed by atoms with E-state index in [2.05, 4.69) is 28.7 Å². The van der Waals surface area contributed by atoms with Crippen molar-refractivity contribution in [3.63, 3.8) is 0 Å². The highest BCUT2D eigenvalue weighted by atomic mass is 16.5. The first-order valence-electron chi connectivity index (χ1n) is 7.87. The highest BCUT2D eigenvalue weighted by molar-refractivity contribution is 4.90. The summed E-state index contributed by atoms with van der Waals surface area (Å²) < 4.78 is 7.73. The van der Waals surface area contributed by atoms with Crippen LogP contribution in [0.25, 0.3) is 0 Å². The molecule has 2 aliphatic heterocycles. The molecule has 0 aromatic carbocycles. The Labute approximate surface area is 126 Å². The normalized spacial score (nSPS) is 30.2. The maximum Gasteiger partial charge on any atom is 0.0793 e. The second-order valence-electron chi connectivity index (χ2n) is 6.49. The topological polar surface area (TPSA) is 53.8 Å². The van der Waals surface area contributed by atoms with Crippen LogP contribution in [0.4, 0.5) is 0 Å². The SMILES string of the molecule is C[C@@H]1CN(C[C@@H](O)CN2CC(n3cccn3)C2)C[C@@H](C)O1. The molecule has 1 N–H and O–H groups in total. The number of likely N-dealkylation sites (tertiary alicyclic amines) is 1. The number of nitrogens with zero attached hydrogens (tertiary/aromatic N) is 4. The lowest BCUT2D eigenvalue weighted by atomic mass is 10.1. The summed E-state index contributed by atoms with van der Waals surface area (Å²) in [5, 5.41) is 14.5. The van der Waals surface area contributed by atoms with Crippen molar-refractivity contribution in [2.75, 3.05) is 39.3 Å². The number of ether oxygens (including phenoxy) is 1. The van der Waals surface area contributed by atoms with E-state index in [0.717, 1.165) is 39.3 Å². The Balaban J connectivity index is 1.38. The molecule has 118 valence electrons. The number of hydrogen-bond acceptors (Lipinski definition) is 5. The van der Waals surface area contributed by atoms with Crippen LogP contribution < -0.4 is 0 Å². The third-order valence-corrected chi connectivity index (χ3v) is 4.27. The van der Waals surface area contributed by atoms with Gasteiger partial charge in [-0.1, -0.05) is 0 Å². The maximum absolute atomic E-state index is 10.3. The van der Waals surface area contributed by atoms with E-state index < -0.39 is 0 Å². The summed E-state index contributed by atoms with van der Waals surface area (Å²) in [5.41, 5.74) is 0. The predicted molar refractivity (Wildman–Crippen MR) is 80.2 cm³/mol. The molecule has 6 nitrogen and oxygen atoms in total. The Morgan fingerprint density at radius 2 is 1.76 bits per heavy atom. The smallest absolute Gasteiger partial charge is 0.0793 e. The average molecular weight is 294 g/mol. The lowest BCUT2D eigenvalue weighted by Crippen LogP contribution is -2.54. The maximum atomic E-state index is 10.3. The van der Waals surface area contributed by atoms with Crippen LogP contribution in [0.1, 0.15) is 19.9 Å². The van der Waals surface area contributed by atoms with Crippen molar-refractivity contribution >= 4 is 0 Å². The van der Waals surface area contributed by atoms with Crippen molar-refractivity contribution in [1.29, 1.82) is 0 Å².